The minimum absolute atomic E-state index is 0.231. The van der Waals surface area contributed by atoms with E-state index in [0.717, 1.165) is 10.9 Å². The average molecular weight is 243 g/mol. The summed E-state index contributed by atoms with van der Waals surface area (Å²) in [7, 11) is 5.11. The van der Waals surface area contributed by atoms with Crippen LogP contribution in [-0.4, -0.2) is 54.3 Å². The van der Waals surface area contributed by atoms with Crippen LogP contribution in [0.4, 0.5) is 0 Å². The minimum Gasteiger partial charge on any atom is -0.468 e. The molecular weight excluding hydrogens is 226 g/mol. The van der Waals surface area contributed by atoms with E-state index >= 15 is 0 Å². The molecule has 0 amide bonds. The zero-order chi connectivity index (χ0) is 12.1. The van der Waals surface area contributed by atoms with Gasteiger partial charge in [0, 0.05) is 18.3 Å². The summed E-state index contributed by atoms with van der Waals surface area (Å²) in [5.74, 6) is -0.231. The van der Waals surface area contributed by atoms with Crippen LogP contribution in [0.1, 0.15) is 5.69 Å². The van der Waals surface area contributed by atoms with Gasteiger partial charge in [0.05, 0.1) is 7.11 Å². The molecule has 6 heteroatoms. The first kappa shape index (κ1) is 13.1. The second-order valence-corrected chi connectivity index (χ2v) is 4.42. The van der Waals surface area contributed by atoms with Crippen LogP contribution in [0.2, 0.25) is 0 Å². The van der Waals surface area contributed by atoms with E-state index in [1.165, 1.54) is 7.11 Å². The average Bonchev–Trinajstić information content (AvgIpc) is 2.72. The number of H-pyrrole nitrogens is 1. The SMILES string of the molecule is COC(=O)[C@H](Cc1cnc(SC)[nH]1)N(C)C. The molecule has 0 fully saturated rings. The maximum absolute atomic E-state index is 11.5. The maximum Gasteiger partial charge on any atom is 0.323 e. The van der Waals surface area contributed by atoms with Gasteiger partial charge in [0.1, 0.15) is 6.04 Å². The van der Waals surface area contributed by atoms with Crippen molar-refractivity contribution in [3.63, 3.8) is 0 Å². The van der Waals surface area contributed by atoms with Crippen molar-refractivity contribution in [2.75, 3.05) is 27.5 Å². The Labute approximate surface area is 99.6 Å². The van der Waals surface area contributed by atoms with E-state index in [4.69, 9.17) is 4.74 Å². The molecule has 1 heterocycles. The number of aromatic amines is 1. The second kappa shape index (κ2) is 5.91. The molecule has 1 rings (SSSR count). The molecule has 1 aromatic rings. The third-order valence-corrected chi connectivity index (χ3v) is 2.90. The molecule has 90 valence electrons. The molecule has 0 bridgehead atoms. The number of ether oxygens (including phenoxy) is 1. The van der Waals surface area contributed by atoms with Gasteiger partial charge < -0.3 is 9.72 Å². The first-order valence-electron chi connectivity index (χ1n) is 4.90. The summed E-state index contributed by atoms with van der Waals surface area (Å²) in [5.41, 5.74) is 0.938. The summed E-state index contributed by atoms with van der Waals surface area (Å²) in [6.07, 6.45) is 4.28. The molecule has 1 atom stereocenters. The van der Waals surface area contributed by atoms with Crippen LogP contribution in [-0.2, 0) is 16.0 Å². The Balaban J connectivity index is 2.71. The van der Waals surface area contributed by atoms with Gasteiger partial charge in [-0.25, -0.2) is 4.98 Å². The van der Waals surface area contributed by atoms with Crippen molar-refractivity contribution >= 4 is 17.7 Å². The van der Waals surface area contributed by atoms with Crippen LogP contribution in [0.25, 0.3) is 0 Å². The standard InChI is InChI=1S/C10H17N3O2S/c1-13(2)8(9(14)15-3)5-7-6-11-10(12-7)16-4/h6,8H,5H2,1-4H3,(H,11,12)/t8-/m0/s1. The highest BCUT2D eigenvalue weighted by Crippen LogP contribution is 2.12. The zero-order valence-electron chi connectivity index (χ0n) is 9.98. The first-order chi connectivity index (χ1) is 7.58. The summed E-state index contributed by atoms with van der Waals surface area (Å²) in [5, 5.41) is 0.859. The largest absolute Gasteiger partial charge is 0.468 e. The molecule has 0 aliphatic rings. The molecule has 16 heavy (non-hydrogen) atoms. The number of imidazole rings is 1. The van der Waals surface area contributed by atoms with Crippen molar-refractivity contribution < 1.29 is 9.53 Å². The van der Waals surface area contributed by atoms with Gasteiger partial charge in [-0.1, -0.05) is 11.8 Å². The normalized spacial score (nSPS) is 12.8. The molecule has 0 saturated heterocycles. The minimum atomic E-state index is -0.278. The molecule has 0 aliphatic carbocycles. The van der Waals surface area contributed by atoms with E-state index < -0.39 is 0 Å². The van der Waals surface area contributed by atoms with Gasteiger partial charge in [0.25, 0.3) is 0 Å². The molecule has 0 saturated carbocycles. The zero-order valence-corrected chi connectivity index (χ0v) is 10.8. The van der Waals surface area contributed by atoms with E-state index in [1.807, 2.05) is 25.3 Å². The highest BCUT2D eigenvalue weighted by Gasteiger charge is 2.22. The van der Waals surface area contributed by atoms with Gasteiger partial charge in [-0.05, 0) is 20.4 Å². The molecule has 0 unspecified atom stereocenters. The fraction of sp³-hybridized carbons (Fsp3) is 0.600. The summed E-state index contributed by atoms with van der Waals surface area (Å²) in [6, 6.07) is -0.278. The van der Waals surface area contributed by atoms with Crippen molar-refractivity contribution in [3.05, 3.63) is 11.9 Å². The van der Waals surface area contributed by atoms with E-state index in [9.17, 15) is 4.79 Å². The van der Waals surface area contributed by atoms with Gasteiger partial charge in [-0.2, -0.15) is 0 Å². The summed E-state index contributed by atoms with van der Waals surface area (Å²) in [6.45, 7) is 0. The Hall–Kier alpha value is -1.01. The molecule has 0 aliphatic heterocycles. The summed E-state index contributed by atoms with van der Waals surface area (Å²) >= 11 is 1.54. The Morgan fingerprint density at radius 2 is 2.38 bits per heavy atom. The molecule has 1 N–H and O–H groups in total. The molecular formula is C10H17N3O2S. The van der Waals surface area contributed by atoms with E-state index in [1.54, 1.807) is 18.0 Å². The lowest BCUT2D eigenvalue weighted by molar-refractivity contribution is -0.145. The number of esters is 1. The van der Waals surface area contributed by atoms with Crippen molar-refractivity contribution in [1.82, 2.24) is 14.9 Å². The number of aromatic nitrogens is 2. The molecule has 0 aromatic carbocycles. The van der Waals surface area contributed by atoms with Gasteiger partial charge in [0.15, 0.2) is 5.16 Å². The second-order valence-electron chi connectivity index (χ2n) is 3.62. The van der Waals surface area contributed by atoms with Gasteiger partial charge in [-0.15, -0.1) is 0 Å². The van der Waals surface area contributed by atoms with E-state index in [-0.39, 0.29) is 12.0 Å². The topological polar surface area (TPSA) is 58.2 Å². The van der Waals surface area contributed by atoms with Gasteiger partial charge >= 0.3 is 5.97 Å². The lowest BCUT2D eigenvalue weighted by Gasteiger charge is -2.20. The maximum atomic E-state index is 11.5. The predicted molar refractivity (Wildman–Crippen MR) is 63.6 cm³/mol. The summed E-state index contributed by atoms with van der Waals surface area (Å²) < 4.78 is 4.76. The fourth-order valence-electron chi connectivity index (χ4n) is 1.37. The molecule has 0 spiro atoms. The van der Waals surface area contributed by atoms with Crippen LogP contribution in [0, 0.1) is 0 Å². The van der Waals surface area contributed by atoms with Crippen molar-refractivity contribution in [3.8, 4) is 0 Å². The predicted octanol–water partition coefficient (Wildman–Crippen LogP) is 0.777. The van der Waals surface area contributed by atoms with Crippen molar-refractivity contribution in [2.45, 2.75) is 17.6 Å². The van der Waals surface area contributed by atoms with Crippen molar-refractivity contribution in [1.29, 1.82) is 0 Å². The van der Waals surface area contributed by atoms with Gasteiger partial charge in [0.2, 0.25) is 0 Å². The Morgan fingerprint density at radius 1 is 1.69 bits per heavy atom. The Morgan fingerprint density at radius 3 is 2.81 bits per heavy atom. The van der Waals surface area contributed by atoms with Crippen molar-refractivity contribution in [2.24, 2.45) is 0 Å². The van der Waals surface area contributed by atoms with E-state index in [0.29, 0.717) is 6.42 Å². The number of likely N-dealkylation sites (N-methyl/N-ethyl adjacent to an activating group) is 1. The fourth-order valence-corrected chi connectivity index (χ4v) is 1.76. The number of hydrogen-bond donors (Lipinski definition) is 1. The van der Waals surface area contributed by atoms with E-state index in [2.05, 4.69) is 9.97 Å². The summed E-state index contributed by atoms with van der Waals surface area (Å²) in [4.78, 5) is 20.7. The lowest BCUT2D eigenvalue weighted by atomic mass is 10.1. The van der Waals surface area contributed by atoms with Gasteiger partial charge in [-0.3, -0.25) is 9.69 Å². The number of carbonyl (C=O) groups is 1. The number of nitrogens with one attached hydrogen (secondary N) is 1. The Bertz CT molecular complexity index is 352. The van der Waals surface area contributed by atoms with Crippen LogP contribution >= 0.6 is 11.8 Å². The van der Waals surface area contributed by atoms with Crippen LogP contribution in [0.3, 0.4) is 0 Å². The highest BCUT2D eigenvalue weighted by molar-refractivity contribution is 7.98. The van der Waals surface area contributed by atoms with Crippen LogP contribution in [0.5, 0.6) is 0 Å². The number of hydrogen-bond acceptors (Lipinski definition) is 5. The monoisotopic (exact) mass is 243 g/mol. The highest BCUT2D eigenvalue weighted by atomic mass is 32.2. The number of nitrogens with zero attached hydrogens (tertiary/aromatic N) is 2. The number of thioether (sulfide) groups is 1. The molecule has 0 radical (unpaired) electrons. The molecule has 5 nitrogen and oxygen atoms in total. The van der Waals surface area contributed by atoms with Crippen LogP contribution in [0.15, 0.2) is 11.4 Å². The first-order valence-corrected chi connectivity index (χ1v) is 6.13. The third-order valence-electron chi connectivity index (χ3n) is 2.31. The third kappa shape index (κ3) is 3.24. The quantitative estimate of drug-likeness (QED) is 0.611. The van der Waals surface area contributed by atoms with Crippen LogP contribution < -0.4 is 0 Å². The molecule has 1 aromatic heterocycles. The smallest absolute Gasteiger partial charge is 0.323 e. The number of carbonyl (C=O) groups excluding carboxylic acids is 1. The number of rotatable bonds is 5. The Kier molecular flexibility index (Phi) is 4.82. The number of methoxy groups -OCH3 is 1. The lowest BCUT2D eigenvalue weighted by Crippen LogP contribution is -2.38.